The molecule has 0 amide bonds. The van der Waals surface area contributed by atoms with E-state index in [1.807, 2.05) is 6.92 Å². The summed E-state index contributed by atoms with van der Waals surface area (Å²) in [5, 5.41) is 0. The third-order valence-corrected chi connectivity index (χ3v) is 2.30. The SMILES string of the molecule is CCCC(=O)OC1CCCCC1.[Li]. The molecule has 1 aliphatic rings. The van der Waals surface area contributed by atoms with Crippen molar-refractivity contribution in [1.29, 1.82) is 0 Å². The fourth-order valence-electron chi connectivity index (χ4n) is 1.63. The van der Waals surface area contributed by atoms with E-state index in [1.165, 1.54) is 19.3 Å². The van der Waals surface area contributed by atoms with Gasteiger partial charge in [0.05, 0.1) is 0 Å². The van der Waals surface area contributed by atoms with Crippen LogP contribution in [-0.2, 0) is 9.53 Å². The van der Waals surface area contributed by atoms with Crippen LogP contribution in [0.1, 0.15) is 51.9 Å². The predicted molar refractivity (Wildman–Crippen MR) is 53.6 cm³/mol. The second-order valence-corrected chi connectivity index (χ2v) is 3.50. The van der Waals surface area contributed by atoms with Gasteiger partial charge in [-0.1, -0.05) is 13.3 Å². The zero-order valence-electron chi connectivity index (χ0n) is 8.84. The third kappa shape index (κ3) is 5.39. The number of hydrogen-bond donors (Lipinski definition) is 0. The van der Waals surface area contributed by atoms with Gasteiger partial charge in [-0.05, 0) is 32.1 Å². The van der Waals surface area contributed by atoms with Crippen LogP contribution in [0.4, 0.5) is 0 Å². The molecule has 0 aromatic rings. The summed E-state index contributed by atoms with van der Waals surface area (Å²) < 4.78 is 5.29. The summed E-state index contributed by atoms with van der Waals surface area (Å²) in [7, 11) is 0. The number of hydrogen-bond acceptors (Lipinski definition) is 2. The summed E-state index contributed by atoms with van der Waals surface area (Å²) in [6, 6.07) is 0. The Morgan fingerprint density at radius 3 is 2.46 bits per heavy atom. The van der Waals surface area contributed by atoms with E-state index in [1.54, 1.807) is 0 Å². The Hall–Kier alpha value is 0.0674. The first-order valence-electron chi connectivity index (χ1n) is 5.02. The van der Waals surface area contributed by atoms with E-state index >= 15 is 0 Å². The second kappa shape index (κ2) is 7.47. The Balaban J connectivity index is 0.00000144. The van der Waals surface area contributed by atoms with Crippen molar-refractivity contribution >= 4 is 24.8 Å². The van der Waals surface area contributed by atoms with Crippen molar-refractivity contribution in [3.8, 4) is 0 Å². The molecule has 3 heteroatoms. The number of esters is 1. The van der Waals surface area contributed by atoms with Crippen LogP contribution in [0, 0.1) is 0 Å². The molecule has 71 valence electrons. The van der Waals surface area contributed by atoms with Crippen LogP contribution in [0.15, 0.2) is 0 Å². The van der Waals surface area contributed by atoms with Gasteiger partial charge in [0.25, 0.3) is 0 Å². The van der Waals surface area contributed by atoms with Gasteiger partial charge in [-0.15, -0.1) is 0 Å². The third-order valence-electron chi connectivity index (χ3n) is 2.30. The van der Waals surface area contributed by atoms with Crippen LogP contribution >= 0.6 is 0 Å². The van der Waals surface area contributed by atoms with Gasteiger partial charge in [-0.3, -0.25) is 4.79 Å². The molecule has 0 bridgehead atoms. The average Bonchev–Trinajstić information content (AvgIpc) is 2.06. The summed E-state index contributed by atoms with van der Waals surface area (Å²) in [4.78, 5) is 11.1. The molecule has 0 atom stereocenters. The smallest absolute Gasteiger partial charge is 0.306 e. The van der Waals surface area contributed by atoms with Crippen LogP contribution in [0.25, 0.3) is 0 Å². The summed E-state index contributed by atoms with van der Waals surface area (Å²) in [6.07, 6.45) is 7.63. The van der Waals surface area contributed by atoms with Gasteiger partial charge in [-0.25, -0.2) is 0 Å². The number of carbonyl (C=O) groups is 1. The molecule has 0 aromatic heterocycles. The van der Waals surface area contributed by atoms with Crippen LogP contribution in [0.5, 0.6) is 0 Å². The van der Waals surface area contributed by atoms with Crippen molar-refractivity contribution in [2.24, 2.45) is 0 Å². The summed E-state index contributed by atoms with van der Waals surface area (Å²) in [5.41, 5.74) is 0. The molecule has 13 heavy (non-hydrogen) atoms. The molecule has 0 spiro atoms. The molecular formula is C10H18LiO2. The molecule has 0 aliphatic heterocycles. The van der Waals surface area contributed by atoms with E-state index in [0.717, 1.165) is 19.3 Å². The van der Waals surface area contributed by atoms with Crippen molar-refractivity contribution in [3.63, 3.8) is 0 Å². The monoisotopic (exact) mass is 177 g/mol. The Morgan fingerprint density at radius 2 is 1.92 bits per heavy atom. The second-order valence-electron chi connectivity index (χ2n) is 3.50. The molecule has 2 nitrogen and oxygen atoms in total. The molecule has 0 unspecified atom stereocenters. The van der Waals surface area contributed by atoms with Gasteiger partial charge in [-0.2, -0.15) is 0 Å². The molecule has 1 saturated carbocycles. The minimum atomic E-state index is -0.00981. The molecular weight excluding hydrogens is 159 g/mol. The number of ether oxygens (including phenoxy) is 1. The summed E-state index contributed by atoms with van der Waals surface area (Å²) in [5.74, 6) is -0.00981. The molecule has 0 heterocycles. The molecule has 1 aliphatic carbocycles. The van der Waals surface area contributed by atoms with Gasteiger partial charge in [0.15, 0.2) is 0 Å². The van der Waals surface area contributed by atoms with Crippen LogP contribution in [-0.4, -0.2) is 30.9 Å². The summed E-state index contributed by atoms with van der Waals surface area (Å²) in [6.45, 7) is 2.00. The van der Waals surface area contributed by atoms with Gasteiger partial charge < -0.3 is 4.74 Å². The molecule has 1 radical (unpaired) electrons. The molecule has 0 N–H and O–H groups in total. The maximum absolute atomic E-state index is 11.1. The maximum atomic E-state index is 11.1. The van der Waals surface area contributed by atoms with E-state index in [2.05, 4.69) is 0 Å². The first-order valence-corrected chi connectivity index (χ1v) is 5.02. The van der Waals surface area contributed by atoms with E-state index in [0.29, 0.717) is 6.42 Å². The van der Waals surface area contributed by atoms with E-state index in [9.17, 15) is 4.79 Å². The normalized spacial score (nSPS) is 17.6. The Bertz CT molecular complexity index is 142. The first-order chi connectivity index (χ1) is 5.83. The van der Waals surface area contributed by atoms with E-state index in [4.69, 9.17) is 4.74 Å². The minimum absolute atomic E-state index is 0. The standard InChI is InChI=1S/C10H18O2.Li/c1-2-6-10(11)12-9-7-4-3-5-8-9;/h9H,2-8H2,1H3;. The Labute approximate surface area is 92.6 Å². The molecule has 0 aromatic carbocycles. The quantitative estimate of drug-likeness (QED) is 0.488. The Kier molecular flexibility index (Phi) is 7.51. The van der Waals surface area contributed by atoms with Crippen LogP contribution in [0.3, 0.4) is 0 Å². The van der Waals surface area contributed by atoms with Crippen LogP contribution < -0.4 is 0 Å². The van der Waals surface area contributed by atoms with Crippen molar-refractivity contribution in [2.45, 2.75) is 58.0 Å². The van der Waals surface area contributed by atoms with Gasteiger partial charge >= 0.3 is 5.97 Å². The fourth-order valence-corrected chi connectivity index (χ4v) is 1.63. The first kappa shape index (κ1) is 13.1. The zero-order chi connectivity index (χ0) is 8.81. The van der Waals surface area contributed by atoms with Crippen molar-refractivity contribution in [3.05, 3.63) is 0 Å². The molecule has 1 fully saturated rings. The number of carbonyl (C=O) groups excluding carboxylic acids is 1. The predicted octanol–water partition coefficient (Wildman–Crippen LogP) is 2.28. The van der Waals surface area contributed by atoms with E-state index < -0.39 is 0 Å². The average molecular weight is 177 g/mol. The van der Waals surface area contributed by atoms with Crippen molar-refractivity contribution in [1.82, 2.24) is 0 Å². The number of rotatable bonds is 3. The Morgan fingerprint density at radius 1 is 1.31 bits per heavy atom. The van der Waals surface area contributed by atoms with Crippen molar-refractivity contribution < 1.29 is 9.53 Å². The van der Waals surface area contributed by atoms with Gasteiger partial charge in [0, 0.05) is 25.3 Å². The van der Waals surface area contributed by atoms with Crippen LogP contribution in [0.2, 0.25) is 0 Å². The minimum Gasteiger partial charge on any atom is -0.462 e. The van der Waals surface area contributed by atoms with Crippen molar-refractivity contribution in [2.75, 3.05) is 0 Å². The summed E-state index contributed by atoms with van der Waals surface area (Å²) >= 11 is 0. The molecule has 1 rings (SSSR count). The zero-order valence-corrected chi connectivity index (χ0v) is 8.84. The maximum Gasteiger partial charge on any atom is 0.306 e. The van der Waals surface area contributed by atoms with E-state index in [-0.39, 0.29) is 30.9 Å². The largest absolute Gasteiger partial charge is 0.462 e. The van der Waals surface area contributed by atoms with Gasteiger partial charge in [0.2, 0.25) is 0 Å². The molecule has 0 saturated heterocycles. The topological polar surface area (TPSA) is 26.3 Å². The van der Waals surface area contributed by atoms with Gasteiger partial charge in [0.1, 0.15) is 6.10 Å². The fraction of sp³-hybridized carbons (Fsp3) is 0.900.